The van der Waals surface area contributed by atoms with Crippen LogP contribution in [0.2, 0.25) is 0 Å². The molecule has 0 radical (unpaired) electrons. The number of nitrogen functional groups attached to an aromatic ring is 1. The molecule has 0 saturated heterocycles. The Labute approximate surface area is 115 Å². The minimum Gasteiger partial charge on any atom is -0.369 e. The van der Waals surface area contributed by atoms with Crippen LogP contribution in [0.5, 0.6) is 0 Å². The van der Waals surface area contributed by atoms with Crippen molar-refractivity contribution in [1.29, 1.82) is 0 Å². The van der Waals surface area contributed by atoms with Gasteiger partial charge in [0.05, 0.1) is 17.1 Å². The fourth-order valence-electron chi connectivity index (χ4n) is 2.64. The summed E-state index contributed by atoms with van der Waals surface area (Å²) in [5.74, 6) is 1.12. The molecule has 0 aliphatic rings. The summed E-state index contributed by atoms with van der Waals surface area (Å²) in [5.41, 5.74) is 9.55. The zero-order valence-electron chi connectivity index (χ0n) is 12.5. The molecular weight excluding hydrogens is 236 g/mol. The molecular formula is C15H24N4. The van der Waals surface area contributed by atoms with Gasteiger partial charge < -0.3 is 15.2 Å². The largest absolute Gasteiger partial charge is 0.369 e. The van der Waals surface area contributed by atoms with E-state index in [-0.39, 0.29) is 0 Å². The second kappa shape index (κ2) is 5.21. The van der Waals surface area contributed by atoms with Crippen LogP contribution in [0.25, 0.3) is 11.0 Å². The first-order valence-corrected chi connectivity index (χ1v) is 6.79. The molecule has 1 aromatic heterocycles. The minimum atomic E-state index is 0.334. The highest BCUT2D eigenvalue weighted by molar-refractivity contribution is 5.81. The van der Waals surface area contributed by atoms with Gasteiger partial charge in [0, 0.05) is 6.54 Å². The van der Waals surface area contributed by atoms with E-state index in [4.69, 9.17) is 5.73 Å². The topological polar surface area (TPSA) is 47.1 Å². The molecule has 19 heavy (non-hydrogen) atoms. The molecule has 2 aromatic rings. The molecule has 1 atom stereocenters. The maximum Gasteiger partial charge on any atom is 0.201 e. The molecule has 0 aliphatic carbocycles. The number of likely N-dealkylation sites (N-methyl/N-ethyl adjacent to an activating group) is 1. The van der Waals surface area contributed by atoms with E-state index >= 15 is 0 Å². The summed E-state index contributed by atoms with van der Waals surface area (Å²) in [7, 11) is 4.19. The van der Waals surface area contributed by atoms with Crippen molar-refractivity contribution >= 4 is 17.0 Å². The molecule has 1 unspecified atom stereocenters. The number of aryl methyl sites for hydroxylation is 1. The lowest BCUT2D eigenvalue weighted by atomic mass is 10.0. The van der Waals surface area contributed by atoms with Crippen LogP contribution in [0.3, 0.4) is 0 Å². The van der Waals surface area contributed by atoms with Crippen molar-refractivity contribution in [3.8, 4) is 0 Å². The van der Waals surface area contributed by atoms with Crippen LogP contribution < -0.4 is 5.73 Å². The predicted octanol–water partition coefficient (Wildman–Crippen LogP) is 2.69. The van der Waals surface area contributed by atoms with Crippen molar-refractivity contribution < 1.29 is 0 Å². The Bertz CT molecular complexity index is 569. The molecule has 0 spiro atoms. The summed E-state index contributed by atoms with van der Waals surface area (Å²) >= 11 is 0. The molecule has 1 heterocycles. The number of hydrogen-bond donors (Lipinski definition) is 1. The van der Waals surface area contributed by atoms with Gasteiger partial charge in [0.15, 0.2) is 0 Å². The van der Waals surface area contributed by atoms with Crippen LogP contribution in [0, 0.1) is 12.8 Å². The maximum absolute atomic E-state index is 6.17. The average molecular weight is 260 g/mol. The quantitative estimate of drug-likeness (QED) is 0.919. The third kappa shape index (κ3) is 2.59. The highest BCUT2D eigenvalue weighted by Crippen LogP contribution is 2.29. The van der Waals surface area contributed by atoms with E-state index < -0.39 is 0 Å². The first-order chi connectivity index (χ1) is 8.91. The summed E-state index contributed by atoms with van der Waals surface area (Å²) in [6, 6.07) is 6.51. The molecule has 4 heteroatoms. The normalized spacial score (nSPS) is 13.6. The van der Waals surface area contributed by atoms with Crippen molar-refractivity contribution in [2.24, 2.45) is 5.92 Å². The van der Waals surface area contributed by atoms with Crippen LogP contribution in [0.1, 0.15) is 25.5 Å². The molecule has 1 aromatic carbocycles. The number of anilines is 1. The Balaban J connectivity index is 2.61. The Morgan fingerprint density at radius 1 is 1.32 bits per heavy atom. The molecule has 0 saturated carbocycles. The van der Waals surface area contributed by atoms with Gasteiger partial charge in [-0.3, -0.25) is 0 Å². The average Bonchev–Trinajstić information content (AvgIpc) is 2.63. The van der Waals surface area contributed by atoms with Crippen molar-refractivity contribution in [3.63, 3.8) is 0 Å². The first kappa shape index (κ1) is 13.9. The van der Waals surface area contributed by atoms with Crippen LogP contribution >= 0.6 is 0 Å². The number of imidazole rings is 1. The smallest absolute Gasteiger partial charge is 0.201 e. The van der Waals surface area contributed by atoms with E-state index in [1.54, 1.807) is 0 Å². The summed E-state index contributed by atoms with van der Waals surface area (Å²) in [5, 5.41) is 0. The van der Waals surface area contributed by atoms with Gasteiger partial charge in [-0.05, 0) is 38.6 Å². The van der Waals surface area contributed by atoms with Gasteiger partial charge in [-0.1, -0.05) is 26.0 Å². The molecule has 2 rings (SSSR count). The number of hydrogen-bond acceptors (Lipinski definition) is 3. The maximum atomic E-state index is 6.17. The Hall–Kier alpha value is -1.55. The third-order valence-electron chi connectivity index (χ3n) is 3.59. The van der Waals surface area contributed by atoms with Crippen LogP contribution in [-0.4, -0.2) is 35.1 Å². The van der Waals surface area contributed by atoms with Crippen molar-refractivity contribution in [2.75, 3.05) is 26.4 Å². The van der Waals surface area contributed by atoms with Gasteiger partial charge >= 0.3 is 0 Å². The Morgan fingerprint density at radius 2 is 2.00 bits per heavy atom. The third-order valence-corrected chi connectivity index (χ3v) is 3.59. The van der Waals surface area contributed by atoms with Gasteiger partial charge in [0.25, 0.3) is 0 Å². The van der Waals surface area contributed by atoms with E-state index in [9.17, 15) is 0 Å². The Kier molecular flexibility index (Phi) is 3.80. The van der Waals surface area contributed by atoms with Crippen LogP contribution in [0.15, 0.2) is 18.2 Å². The highest BCUT2D eigenvalue weighted by Gasteiger charge is 2.22. The number of benzene rings is 1. The standard InChI is InChI=1S/C15H24N4/c1-10(2)13(9-18(4)5)19-14-11(3)7-6-8-12(14)17-15(19)16/h6-8,10,13H,9H2,1-5H3,(H2,16,17). The number of rotatable bonds is 4. The fraction of sp³-hybridized carbons (Fsp3) is 0.533. The van der Waals surface area contributed by atoms with E-state index in [2.05, 4.69) is 55.4 Å². The summed E-state index contributed by atoms with van der Waals surface area (Å²) in [6.45, 7) is 7.55. The second-order valence-corrected chi connectivity index (χ2v) is 5.86. The zero-order chi connectivity index (χ0) is 14.2. The molecule has 2 N–H and O–H groups in total. The molecule has 4 nitrogen and oxygen atoms in total. The number of para-hydroxylation sites is 1. The molecule has 104 valence electrons. The lowest BCUT2D eigenvalue weighted by Gasteiger charge is -2.27. The van der Waals surface area contributed by atoms with Crippen LogP contribution in [-0.2, 0) is 0 Å². The lowest BCUT2D eigenvalue weighted by Crippen LogP contribution is -2.29. The van der Waals surface area contributed by atoms with Crippen molar-refractivity contribution in [1.82, 2.24) is 14.5 Å². The van der Waals surface area contributed by atoms with Gasteiger partial charge in [-0.25, -0.2) is 4.98 Å². The molecule has 0 amide bonds. The zero-order valence-corrected chi connectivity index (χ0v) is 12.5. The Morgan fingerprint density at radius 3 is 2.58 bits per heavy atom. The SMILES string of the molecule is Cc1cccc2nc(N)n(C(CN(C)C)C(C)C)c12. The van der Waals surface area contributed by atoms with E-state index in [1.165, 1.54) is 11.1 Å². The first-order valence-electron chi connectivity index (χ1n) is 6.79. The number of nitrogens with two attached hydrogens (primary N) is 1. The van der Waals surface area contributed by atoms with Gasteiger partial charge in [-0.15, -0.1) is 0 Å². The number of nitrogens with zero attached hydrogens (tertiary/aromatic N) is 3. The van der Waals surface area contributed by atoms with E-state index in [1.807, 2.05) is 12.1 Å². The number of aromatic nitrogens is 2. The minimum absolute atomic E-state index is 0.334. The van der Waals surface area contributed by atoms with Gasteiger partial charge in [0.1, 0.15) is 0 Å². The fourth-order valence-corrected chi connectivity index (χ4v) is 2.64. The molecule has 0 aliphatic heterocycles. The van der Waals surface area contributed by atoms with Gasteiger partial charge in [0.2, 0.25) is 5.95 Å². The second-order valence-electron chi connectivity index (χ2n) is 5.86. The highest BCUT2D eigenvalue weighted by atomic mass is 15.2. The van der Waals surface area contributed by atoms with Crippen molar-refractivity contribution in [2.45, 2.75) is 26.8 Å². The predicted molar refractivity (Wildman–Crippen MR) is 81.3 cm³/mol. The lowest BCUT2D eigenvalue weighted by molar-refractivity contribution is 0.275. The summed E-state index contributed by atoms with van der Waals surface area (Å²) in [6.07, 6.45) is 0. The van der Waals surface area contributed by atoms with Gasteiger partial charge in [-0.2, -0.15) is 0 Å². The molecule has 0 bridgehead atoms. The molecule has 0 fully saturated rings. The van der Waals surface area contributed by atoms with Crippen molar-refractivity contribution in [3.05, 3.63) is 23.8 Å². The van der Waals surface area contributed by atoms with Crippen LogP contribution in [0.4, 0.5) is 5.95 Å². The summed E-state index contributed by atoms with van der Waals surface area (Å²) < 4.78 is 2.20. The van der Waals surface area contributed by atoms with E-state index in [0.717, 1.165) is 12.1 Å². The summed E-state index contributed by atoms with van der Waals surface area (Å²) in [4.78, 5) is 6.71. The van der Waals surface area contributed by atoms with E-state index in [0.29, 0.717) is 17.9 Å². The number of fused-ring (bicyclic) bond motifs is 1. The monoisotopic (exact) mass is 260 g/mol.